The summed E-state index contributed by atoms with van der Waals surface area (Å²) in [5.41, 5.74) is 10.7. The molecule has 19 heavy (non-hydrogen) atoms. The Bertz CT molecular complexity index is 649. The van der Waals surface area contributed by atoms with E-state index in [2.05, 4.69) is 0 Å². The average Bonchev–Trinajstić information content (AvgIpc) is 2.80. The molecule has 3 heteroatoms. The zero-order chi connectivity index (χ0) is 13.4. The van der Waals surface area contributed by atoms with Crippen molar-refractivity contribution in [2.24, 2.45) is 0 Å². The van der Waals surface area contributed by atoms with Gasteiger partial charge in [-0.15, -0.1) is 0 Å². The Balaban J connectivity index is 1.85. The molecule has 96 valence electrons. The normalized spacial score (nSPS) is 13.4. The van der Waals surface area contributed by atoms with Gasteiger partial charge in [0, 0.05) is 24.3 Å². The highest BCUT2D eigenvalue weighted by molar-refractivity contribution is 5.94. The SMILES string of the molecule is Cc1cccc(C(=O)N2Cc3ccc(N)cc3C2)c1. The fraction of sp³-hybridized carbons (Fsp3) is 0.188. The van der Waals surface area contributed by atoms with Crippen LogP contribution in [-0.2, 0) is 13.1 Å². The number of carbonyl (C=O) groups is 1. The number of benzene rings is 2. The van der Waals surface area contributed by atoms with Crippen LogP contribution in [0.4, 0.5) is 5.69 Å². The van der Waals surface area contributed by atoms with E-state index >= 15 is 0 Å². The van der Waals surface area contributed by atoms with Crippen molar-refractivity contribution < 1.29 is 4.79 Å². The number of fused-ring (bicyclic) bond motifs is 1. The van der Waals surface area contributed by atoms with E-state index in [1.165, 1.54) is 5.56 Å². The lowest BCUT2D eigenvalue weighted by atomic mass is 10.1. The largest absolute Gasteiger partial charge is 0.399 e. The van der Waals surface area contributed by atoms with Crippen molar-refractivity contribution in [2.45, 2.75) is 20.0 Å². The first-order valence-corrected chi connectivity index (χ1v) is 6.37. The van der Waals surface area contributed by atoms with E-state index in [-0.39, 0.29) is 5.91 Å². The van der Waals surface area contributed by atoms with E-state index in [4.69, 9.17) is 5.73 Å². The fourth-order valence-electron chi connectivity index (χ4n) is 2.52. The minimum absolute atomic E-state index is 0.0819. The number of hydrogen-bond acceptors (Lipinski definition) is 2. The van der Waals surface area contributed by atoms with Gasteiger partial charge in [-0.2, -0.15) is 0 Å². The number of nitrogen functional groups attached to an aromatic ring is 1. The molecule has 1 aliphatic heterocycles. The van der Waals surface area contributed by atoms with Gasteiger partial charge in [0.15, 0.2) is 0 Å². The van der Waals surface area contributed by atoms with Gasteiger partial charge in [-0.05, 0) is 42.3 Å². The van der Waals surface area contributed by atoms with Crippen molar-refractivity contribution >= 4 is 11.6 Å². The lowest BCUT2D eigenvalue weighted by Crippen LogP contribution is -2.25. The molecule has 0 unspecified atom stereocenters. The van der Waals surface area contributed by atoms with Crippen molar-refractivity contribution in [1.82, 2.24) is 4.90 Å². The van der Waals surface area contributed by atoms with Crippen molar-refractivity contribution in [3.05, 3.63) is 64.7 Å². The summed E-state index contributed by atoms with van der Waals surface area (Å²) in [5, 5.41) is 0. The number of hydrogen-bond donors (Lipinski definition) is 1. The number of amides is 1. The first-order chi connectivity index (χ1) is 9.13. The predicted octanol–water partition coefficient (Wildman–Crippen LogP) is 2.73. The van der Waals surface area contributed by atoms with E-state index in [1.807, 2.05) is 54.3 Å². The summed E-state index contributed by atoms with van der Waals surface area (Å²) in [5.74, 6) is 0.0819. The van der Waals surface area contributed by atoms with Crippen LogP contribution in [0.25, 0.3) is 0 Å². The lowest BCUT2D eigenvalue weighted by molar-refractivity contribution is 0.0751. The highest BCUT2D eigenvalue weighted by atomic mass is 16.2. The summed E-state index contributed by atoms with van der Waals surface area (Å²) in [6.45, 7) is 3.31. The number of anilines is 1. The van der Waals surface area contributed by atoms with Crippen molar-refractivity contribution in [1.29, 1.82) is 0 Å². The van der Waals surface area contributed by atoms with Gasteiger partial charge in [-0.25, -0.2) is 0 Å². The smallest absolute Gasteiger partial charge is 0.254 e. The number of nitrogens with two attached hydrogens (primary N) is 1. The molecule has 2 aromatic rings. The molecule has 0 aliphatic carbocycles. The molecule has 3 nitrogen and oxygen atoms in total. The monoisotopic (exact) mass is 252 g/mol. The molecule has 3 rings (SSSR count). The molecule has 0 atom stereocenters. The summed E-state index contributed by atoms with van der Waals surface area (Å²) < 4.78 is 0. The van der Waals surface area contributed by atoms with Crippen LogP contribution in [0, 0.1) is 6.92 Å². The van der Waals surface area contributed by atoms with Gasteiger partial charge in [-0.3, -0.25) is 4.79 Å². The van der Waals surface area contributed by atoms with Crippen LogP contribution < -0.4 is 5.73 Å². The van der Waals surface area contributed by atoms with Crippen molar-refractivity contribution in [3.63, 3.8) is 0 Å². The first kappa shape index (κ1) is 11.8. The lowest BCUT2D eigenvalue weighted by Gasteiger charge is -2.15. The third kappa shape index (κ3) is 2.19. The van der Waals surface area contributed by atoms with Gasteiger partial charge in [-0.1, -0.05) is 23.8 Å². The van der Waals surface area contributed by atoms with Crippen LogP contribution in [0.1, 0.15) is 27.0 Å². The van der Waals surface area contributed by atoms with Gasteiger partial charge >= 0.3 is 0 Å². The van der Waals surface area contributed by atoms with Crippen LogP contribution in [0.5, 0.6) is 0 Å². The van der Waals surface area contributed by atoms with Crippen molar-refractivity contribution in [3.8, 4) is 0 Å². The molecule has 0 fully saturated rings. The average molecular weight is 252 g/mol. The van der Waals surface area contributed by atoms with Crippen LogP contribution in [-0.4, -0.2) is 10.8 Å². The number of carbonyl (C=O) groups excluding carboxylic acids is 1. The standard InChI is InChI=1S/C16H16N2O/c1-11-3-2-4-12(7-11)16(19)18-9-13-5-6-15(17)8-14(13)10-18/h2-8H,9-10,17H2,1H3. The molecule has 2 N–H and O–H groups in total. The molecule has 0 radical (unpaired) electrons. The molecule has 0 bridgehead atoms. The van der Waals surface area contributed by atoms with Crippen LogP contribution in [0.2, 0.25) is 0 Å². The number of rotatable bonds is 1. The van der Waals surface area contributed by atoms with E-state index < -0.39 is 0 Å². The van der Waals surface area contributed by atoms with Crippen molar-refractivity contribution in [2.75, 3.05) is 5.73 Å². The molecule has 1 heterocycles. The predicted molar refractivity (Wildman–Crippen MR) is 75.6 cm³/mol. The highest BCUT2D eigenvalue weighted by Gasteiger charge is 2.24. The minimum atomic E-state index is 0.0819. The molecule has 0 spiro atoms. The second-order valence-corrected chi connectivity index (χ2v) is 5.06. The summed E-state index contributed by atoms with van der Waals surface area (Å²) in [7, 11) is 0. The Morgan fingerprint density at radius 1 is 1.11 bits per heavy atom. The second-order valence-electron chi connectivity index (χ2n) is 5.06. The third-order valence-corrected chi connectivity index (χ3v) is 3.50. The van der Waals surface area contributed by atoms with E-state index in [9.17, 15) is 4.79 Å². The zero-order valence-electron chi connectivity index (χ0n) is 10.9. The van der Waals surface area contributed by atoms with Gasteiger partial charge < -0.3 is 10.6 Å². The molecule has 1 aliphatic rings. The quantitative estimate of drug-likeness (QED) is 0.793. The van der Waals surface area contributed by atoms with Gasteiger partial charge in [0.05, 0.1) is 0 Å². The molecule has 0 saturated heterocycles. The van der Waals surface area contributed by atoms with Gasteiger partial charge in [0.2, 0.25) is 0 Å². The topological polar surface area (TPSA) is 46.3 Å². The van der Waals surface area contributed by atoms with E-state index in [0.717, 1.165) is 22.4 Å². The Hall–Kier alpha value is -2.29. The van der Waals surface area contributed by atoms with E-state index in [0.29, 0.717) is 13.1 Å². The third-order valence-electron chi connectivity index (χ3n) is 3.50. The summed E-state index contributed by atoms with van der Waals surface area (Å²) in [4.78, 5) is 14.3. The Kier molecular flexibility index (Phi) is 2.75. The van der Waals surface area contributed by atoms with Crippen LogP contribution >= 0.6 is 0 Å². The maximum atomic E-state index is 12.4. The number of nitrogens with zero attached hydrogens (tertiary/aromatic N) is 1. The maximum Gasteiger partial charge on any atom is 0.254 e. The van der Waals surface area contributed by atoms with Gasteiger partial charge in [0.25, 0.3) is 5.91 Å². The molecule has 2 aromatic carbocycles. The Labute approximate surface area is 112 Å². The second kappa shape index (κ2) is 4.43. The van der Waals surface area contributed by atoms with Gasteiger partial charge in [0.1, 0.15) is 0 Å². The Morgan fingerprint density at radius 2 is 1.89 bits per heavy atom. The number of aryl methyl sites for hydroxylation is 1. The fourth-order valence-corrected chi connectivity index (χ4v) is 2.52. The molecule has 1 amide bonds. The van der Waals surface area contributed by atoms with Crippen LogP contribution in [0.3, 0.4) is 0 Å². The van der Waals surface area contributed by atoms with E-state index in [1.54, 1.807) is 0 Å². The molecular formula is C16H16N2O. The first-order valence-electron chi connectivity index (χ1n) is 6.37. The molecule has 0 aromatic heterocycles. The Morgan fingerprint density at radius 3 is 2.68 bits per heavy atom. The highest BCUT2D eigenvalue weighted by Crippen LogP contribution is 2.26. The summed E-state index contributed by atoms with van der Waals surface area (Å²) in [6, 6.07) is 13.6. The molecular weight excluding hydrogens is 236 g/mol. The maximum absolute atomic E-state index is 12.4. The molecule has 0 saturated carbocycles. The zero-order valence-corrected chi connectivity index (χ0v) is 10.9. The summed E-state index contributed by atoms with van der Waals surface area (Å²) >= 11 is 0. The van der Waals surface area contributed by atoms with Crippen LogP contribution in [0.15, 0.2) is 42.5 Å². The summed E-state index contributed by atoms with van der Waals surface area (Å²) in [6.07, 6.45) is 0. The minimum Gasteiger partial charge on any atom is -0.399 e.